The van der Waals surface area contributed by atoms with Crippen LogP contribution in [0, 0.1) is 12.8 Å². The van der Waals surface area contributed by atoms with E-state index in [1.54, 1.807) is 16.9 Å². The highest BCUT2D eigenvalue weighted by Crippen LogP contribution is 2.40. The average molecular weight is 406 g/mol. The lowest BCUT2D eigenvalue weighted by molar-refractivity contribution is -0.259. The number of aromatic amines is 1. The summed E-state index contributed by atoms with van der Waals surface area (Å²) in [5.74, 6) is 0.897. The first-order chi connectivity index (χ1) is 13.6. The monoisotopic (exact) mass is 406 g/mol. The molecule has 9 heteroatoms. The summed E-state index contributed by atoms with van der Waals surface area (Å²) in [6, 6.07) is 5.95. The molecule has 2 heterocycles. The highest BCUT2D eigenvalue weighted by atomic mass is 19.4. The molecule has 0 spiro atoms. The van der Waals surface area contributed by atoms with Gasteiger partial charge >= 0.3 is 6.18 Å². The third-order valence-electron chi connectivity index (χ3n) is 5.37. The molecule has 1 atom stereocenters. The Bertz CT molecular complexity index is 1130. The van der Waals surface area contributed by atoms with Gasteiger partial charge in [-0.3, -0.25) is 9.48 Å². The number of aliphatic hydroxyl groups is 1. The van der Waals surface area contributed by atoms with Gasteiger partial charge in [0.15, 0.2) is 11.4 Å². The molecule has 4 rings (SSSR count). The van der Waals surface area contributed by atoms with E-state index < -0.39 is 11.8 Å². The molecule has 6 nitrogen and oxygen atoms in total. The molecule has 1 aromatic carbocycles. The maximum Gasteiger partial charge on any atom is 0.421 e. The largest absolute Gasteiger partial charge is 0.421 e. The number of hydrogen-bond acceptors (Lipinski definition) is 4. The summed E-state index contributed by atoms with van der Waals surface area (Å²) in [5, 5.41) is 17.9. The van der Waals surface area contributed by atoms with Crippen LogP contribution in [0.15, 0.2) is 35.3 Å². The Morgan fingerprint density at radius 1 is 1.31 bits per heavy atom. The number of aryl methyl sites for hydroxylation is 1. The van der Waals surface area contributed by atoms with Crippen molar-refractivity contribution < 1.29 is 18.3 Å². The normalized spacial score (nSPS) is 16.8. The van der Waals surface area contributed by atoms with Gasteiger partial charge in [-0.2, -0.15) is 18.3 Å². The third-order valence-corrected chi connectivity index (χ3v) is 5.37. The highest BCUT2D eigenvalue weighted by molar-refractivity contribution is 5.91. The van der Waals surface area contributed by atoms with E-state index in [4.69, 9.17) is 0 Å². The fourth-order valence-corrected chi connectivity index (χ4v) is 3.49. The summed E-state index contributed by atoms with van der Waals surface area (Å²) >= 11 is 0. The van der Waals surface area contributed by atoms with Gasteiger partial charge in [-0.05, 0) is 61.9 Å². The Kier molecular flexibility index (Phi) is 4.45. The SMILES string of the molecule is Cc1cc(Nc2nn(CC3CC3)c3cc[nH]c(=O)c23)ccc1C(C)(O)C(F)(F)F. The van der Waals surface area contributed by atoms with Gasteiger partial charge in [0, 0.05) is 18.4 Å². The van der Waals surface area contributed by atoms with Crippen LogP contribution < -0.4 is 10.9 Å². The van der Waals surface area contributed by atoms with E-state index in [-0.39, 0.29) is 16.7 Å². The van der Waals surface area contributed by atoms with Crippen LogP contribution >= 0.6 is 0 Å². The number of nitrogens with one attached hydrogen (secondary N) is 2. The van der Waals surface area contributed by atoms with Crippen molar-refractivity contribution in [3.05, 3.63) is 51.9 Å². The number of rotatable bonds is 5. The number of halogens is 3. The van der Waals surface area contributed by atoms with Crippen molar-refractivity contribution in [2.24, 2.45) is 5.92 Å². The van der Waals surface area contributed by atoms with Crippen LogP contribution in [0.4, 0.5) is 24.7 Å². The van der Waals surface area contributed by atoms with Crippen LogP contribution in [0.2, 0.25) is 0 Å². The van der Waals surface area contributed by atoms with E-state index in [0.29, 0.717) is 34.9 Å². The number of pyridine rings is 1. The van der Waals surface area contributed by atoms with Crippen LogP contribution in [0.3, 0.4) is 0 Å². The summed E-state index contributed by atoms with van der Waals surface area (Å²) in [6.45, 7) is 2.94. The zero-order valence-corrected chi connectivity index (χ0v) is 16.0. The van der Waals surface area contributed by atoms with Crippen molar-refractivity contribution in [2.45, 2.75) is 45.0 Å². The van der Waals surface area contributed by atoms with Crippen LogP contribution in [-0.4, -0.2) is 26.0 Å². The Labute approximate surface area is 164 Å². The summed E-state index contributed by atoms with van der Waals surface area (Å²) in [4.78, 5) is 15.0. The van der Waals surface area contributed by atoms with E-state index >= 15 is 0 Å². The van der Waals surface area contributed by atoms with Crippen molar-refractivity contribution in [3.63, 3.8) is 0 Å². The number of anilines is 2. The highest BCUT2D eigenvalue weighted by Gasteiger charge is 2.51. The first-order valence-electron chi connectivity index (χ1n) is 9.33. The van der Waals surface area contributed by atoms with Crippen molar-refractivity contribution >= 4 is 22.4 Å². The van der Waals surface area contributed by atoms with Crippen LogP contribution in [0.5, 0.6) is 0 Å². The molecule has 1 fully saturated rings. The van der Waals surface area contributed by atoms with Gasteiger partial charge in [-0.1, -0.05) is 6.07 Å². The summed E-state index contributed by atoms with van der Waals surface area (Å²) in [6.07, 6.45) is -0.963. The molecule has 0 amide bonds. The van der Waals surface area contributed by atoms with Crippen molar-refractivity contribution in [1.82, 2.24) is 14.8 Å². The van der Waals surface area contributed by atoms with E-state index in [1.807, 2.05) is 0 Å². The summed E-state index contributed by atoms with van der Waals surface area (Å²) < 4.78 is 41.3. The van der Waals surface area contributed by atoms with Crippen molar-refractivity contribution in [1.29, 1.82) is 0 Å². The minimum absolute atomic E-state index is 0.225. The minimum Gasteiger partial charge on any atom is -0.376 e. The smallest absolute Gasteiger partial charge is 0.376 e. The van der Waals surface area contributed by atoms with Crippen LogP contribution in [0.25, 0.3) is 10.9 Å². The second kappa shape index (κ2) is 6.62. The fraction of sp³-hybridized carbons (Fsp3) is 0.400. The third kappa shape index (κ3) is 3.50. The number of hydrogen-bond donors (Lipinski definition) is 3. The Hall–Kier alpha value is -2.81. The summed E-state index contributed by atoms with van der Waals surface area (Å²) in [5.41, 5.74) is -2.02. The predicted octanol–water partition coefficient (Wildman–Crippen LogP) is 3.96. The molecule has 3 aromatic rings. The van der Waals surface area contributed by atoms with E-state index in [9.17, 15) is 23.1 Å². The minimum atomic E-state index is -4.79. The molecule has 29 heavy (non-hydrogen) atoms. The van der Waals surface area contributed by atoms with E-state index in [0.717, 1.165) is 19.8 Å². The van der Waals surface area contributed by atoms with Gasteiger partial charge < -0.3 is 15.4 Å². The molecular formula is C20H21F3N4O2. The first kappa shape index (κ1) is 19.5. The molecule has 1 aliphatic carbocycles. The standard InChI is InChI=1S/C20H21F3N4O2/c1-11-9-13(5-6-14(11)19(2,29)20(21,22)23)25-17-16-15(7-8-24-18(16)28)27(26-17)10-12-3-4-12/h5-9,12,29H,3-4,10H2,1-2H3,(H,24,28)(H,25,26). The van der Waals surface area contributed by atoms with Crippen LogP contribution in [-0.2, 0) is 12.1 Å². The molecule has 1 aliphatic rings. The van der Waals surface area contributed by atoms with E-state index in [2.05, 4.69) is 15.4 Å². The quantitative estimate of drug-likeness (QED) is 0.599. The number of aromatic nitrogens is 3. The topological polar surface area (TPSA) is 82.9 Å². The number of H-pyrrole nitrogens is 1. The van der Waals surface area contributed by atoms with Crippen LogP contribution in [0.1, 0.15) is 30.9 Å². The molecule has 0 bridgehead atoms. The second-order valence-electron chi connectivity index (χ2n) is 7.77. The Balaban J connectivity index is 1.70. The van der Waals surface area contributed by atoms with E-state index in [1.165, 1.54) is 25.1 Å². The number of benzene rings is 1. The summed E-state index contributed by atoms with van der Waals surface area (Å²) in [7, 11) is 0. The zero-order chi connectivity index (χ0) is 21.0. The molecule has 0 radical (unpaired) electrons. The van der Waals surface area contributed by atoms with Gasteiger partial charge in [-0.25, -0.2) is 0 Å². The average Bonchev–Trinajstić information content (AvgIpc) is 3.36. The Morgan fingerprint density at radius 2 is 2.03 bits per heavy atom. The maximum absolute atomic E-state index is 13.2. The number of alkyl halides is 3. The number of fused-ring (bicyclic) bond motifs is 1. The van der Waals surface area contributed by atoms with Gasteiger partial charge in [-0.15, -0.1) is 0 Å². The first-order valence-corrected chi connectivity index (χ1v) is 9.33. The number of nitrogens with zero attached hydrogens (tertiary/aromatic N) is 2. The molecule has 0 saturated heterocycles. The second-order valence-corrected chi connectivity index (χ2v) is 7.77. The van der Waals surface area contributed by atoms with Gasteiger partial charge in [0.2, 0.25) is 0 Å². The predicted molar refractivity (Wildman–Crippen MR) is 103 cm³/mol. The molecule has 0 aliphatic heterocycles. The molecule has 1 saturated carbocycles. The fourth-order valence-electron chi connectivity index (χ4n) is 3.49. The molecule has 154 valence electrons. The van der Waals surface area contributed by atoms with Crippen molar-refractivity contribution in [2.75, 3.05) is 5.32 Å². The molecule has 3 N–H and O–H groups in total. The van der Waals surface area contributed by atoms with Gasteiger partial charge in [0.1, 0.15) is 5.39 Å². The lowest BCUT2D eigenvalue weighted by Gasteiger charge is -2.28. The zero-order valence-electron chi connectivity index (χ0n) is 16.0. The maximum atomic E-state index is 13.2. The van der Waals surface area contributed by atoms with Gasteiger partial charge in [0.25, 0.3) is 5.56 Å². The lowest BCUT2D eigenvalue weighted by Crippen LogP contribution is -2.39. The molecular weight excluding hydrogens is 385 g/mol. The van der Waals surface area contributed by atoms with Crippen molar-refractivity contribution in [3.8, 4) is 0 Å². The Morgan fingerprint density at radius 3 is 2.66 bits per heavy atom. The lowest BCUT2D eigenvalue weighted by atomic mass is 9.91. The molecule has 2 aromatic heterocycles. The van der Waals surface area contributed by atoms with Gasteiger partial charge in [0.05, 0.1) is 5.52 Å². The molecule has 1 unspecified atom stereocenters.